The van der Waals surface area contributed by atoms with Crippen LogP contribution in [0.3, 0.4) is 0 Å². The molecule has 37 heavy (non-hydrogen) atoms. The van der Waals surface area contributed by atoms with Crippen molar-refractivity contribution in [3.63, 3.8) is 0 Å². The zero-order valence-corrected chi connectivity index (χ0v) is 21.9. The molecule has 0 saturated heterocycles. The molecule has 0 aliphatic heterocycles. The molecule has 0 atom stereocenters. The molecule has 0 aromatic heterocycles. The molecule has 0 radical (unpaired) electrons. The maximum atomic E-state index is 11.1. The van der Waals surface area contributed by atoms with Gasteiger partial charge in [-0.2, -0.15) is 0 Å². The number of hydrogen-bond acceptors (Lipinski definition) is 11. The van der Waals surface area contributed by atoms with Crippen LogP contribution in [0.25, 0.3) is 0 Å². The molecule has 0 aliphatic carbocycles. The second kappa shape index (κ2) is 25.5. The quantitative estimate of drug-likeness (QED) is 0.0944. The average molecular weight is 531 g/mol. The van der Waals surface area contributed by atoms with Gasteiger partial charge in [-0.3, -0.25) is 9.59 Å². The number of benzene rings is 1. The summed E-state index contributed by atoms with van der Waals surface area (Å²) in [5.74, 6) is 0.449. The Morgan fingerprint density at radius 3 is 1.35 bits per heavy atom. The van der Waals surface area contributed by atoms with E-state index >= 15 is 0 Å². The van der Waals surface area contributed by atoms with E-state index in [-0.39, 0.29) is 12.4 Å². The molecule has 0 unspecified atom stereocenters. The van der Waals surface area contributed by atoms with Crippen molar-refractivity contribution in [2.45, 2.75) is 13.3 Å². The average Bonchev–Trinajstić information content (AvgIpc) is 2.91. The van der Waals surface area contributed by atoms with Crippen LogP contribution in [0.15, 0.2) is 24.3 Å². The first-order chi connectivity index (χ1) is 18.3. The third kappa shape index (κ3) is 21.7. The van der Waals surface area contributed by atoms with Crippen LogP contribution in [-0.4, -0.2) is 118 Å². The largest absolute Gasteiger partial charge is 0.491 e. The van der Waals surface area contributed by atoms with Gasteiger partial charge in [0.05, 0.1) is 106 Å². The zero-order chi connectivity index (χ0) is 26.7. The van der Waals surface area contributed by atoms with E-state index < -0.39 is 0 Å². The fourth-order valence-electron chi connectivity index (χ4n) is 2.67. The molecule has 0 heterocycles. The standard InChI is InChI=1S/C26H42O11/c1-2-36-26(28)7-8-29-9-10-30-11-12-31-13-14-32-15-16-33-17-18-34-19-20-35-21-22-37-25-5-3-24(23-27)4-6-25/h3-6,23H,2,7-22H2,1H3. The molecule has 0 saturated carbocycles. The fourth-order valence-corrected chi connectivity index (χ4v) is 2.67. The predicted octanol–water partition coefficient (Wildman–Crippen LogP) is 1.95. The van der Waals surface area contributed by atoms with E-state index in [1.165, 1.54) is 0 Å². The highest BCUT2D eigenvalue weighted by Crippen LogP contribution is 2.10. The van der Waals surface area contributed by atoms with Crippen LogP contribution in [0.4, 0.5) is 0 Å². The smallest absolute Gasteiger partial charge is 0.308 e. The molecule has 1 rings (SSSR count). The zero-order valence-electron chi connectivity index (χ0n) is 21.9. The van der Waals surface area contributed by atoms with Crippen molar-refractivity contribution in [2.24, 2.45) is 0 Å². The van der Waals surface area contributed by atoms with Crippen LogP contribution in [0, 0.1) is 0 Å². The molecule has 0 fully saturated rings. The van der Waals surface area contributed by atoms with E-state index in [1.807, 2.05) is 0 Å². The van der Waals surface area contributed by atoms with Crippen molar-refractivity contribution >= 4 is 12.3 Å². The summed E-state index contributed by atoms with van der Waals surface area (Å²) < 4.78 is 48.1. The van der Waals surface area contributed by atoms with Crippen molar-refractivity contribution in [1.29, 1.82) is 0 Å². The molecular weight excluding hydrogens is 488 g/mol. The van der Waals surface area contributed by atoms with Crippen LogP contribution >= 0.6 is 0 Å². The van der Waals surface area contributed by atoms with Crippen LogP contribution < -0.4 is 4.74 Å². The van der Waals surface area contributed by atoms with Crippen molar-refractivity contribution in [3.8, 4) is 5.75 Å². The molecule has 11 nitrogen and oxygen atoms in total. The highest BCUT2D eigenvalue weighted by atomic mass is 16.6. The predicted molar refractivity (Wildman–Crippen MR) is 134 cm³/mol. The molecule has 1 aromatic rings. The lowest BCUT2D eigenvalue weighted by Gasteiger charge is -2.09. The number of carbonyl (C=O) groups is 2. The molecule has 1 aromatic carbocycles. The Morgan fingerprint density at radius 2 is 0.973 bits per heavy atom. The van der Waals surface area contributed by atoms with Crippen LogP contribution in [-0.2, 0) is 42.7 Å². The summed E-state index contributed by atoms with van der Waals surface area (Å²) in [7, 11) is 0. The Hall–Kier alpha value is -2.12. The van der Waals surface area contributed by atoms with Crippen LogP contribution in [0.1, 0.15) is 23.7 Å². The molecule has 0 spiro atoms. The van der Waals surface area contributed by atoms with Gasteiger partial charge in [-0.05, 0) is 31.2 Å². The van der Waals surface area contributed by atoms with Gasteiger partial charge in [0.1, 0.15) is 18.6 Å². The first kappa shape index (κ1) is 32.9. The number of aldehydes is 1. The first-order valence-electron chi connectivity index (χ1n) is 12.6. The molecule has 0 aliphatic rings. The summed E-state index contributed by atoms with van der Waals surface area (Å²) in [6, 6.07) is 6.92. The Labute approximate surface area is 219 Å². The Kier molecular flexibility index (Phi) is 22.7. The third-order valence-corrected chi connectivity index (χ3v) is 4.50. The van der Waals surface area contributed by atoms with Gasteiger partial charge < -0.3 is 42.6 Å². The lowest BCUT2D eigenvalue weighted by molar-refractivity contribution is -0.144. The first-order valence-corrected chi connectivity index (χ1v) is 12.6. The molecule has 0 N–H and O–H groups in total. The minimum absolute atomic E-state index is 0.252. The van der Waals surface area contributed by atoms with Gasteiger partial charge in [0.15, 0.2) is 0 Å². The number of esters is 1. The Balaban J connectivity index is 1.69. The van der Waals surface area contributed by atoms with Gasteiger partial charge in [0.25, 0.3) is 0 Å². The number of rotatable bonds is 27. The highest BCUT2D eigenvalue weighted by molar-refractivity contribution is 5.74. The van der Waals surface area contributed by atoms with E-state index in [4.69, 9.17) is 42.6 Å². The lowest BCUT2D eigenvalue weighted by Crippen LogP contribution is -2.15. The minimum Gasteiger partial charge on any atom is -0.491 e. The van der Waals surface area contributed by atoms with Gasteiger partial charge >= 0.3 is 5.97 Å². The topological polar surface area (TPSA) is 117 Å². The summed E-state index contributed by atoms with van der Waals surface area (Å²) in [5, 5.41) is 0. The van der Waals surface area contributed by atoms with E-state index in [9.17, 15) is 9.59 Å². The van der Waals surface area contributed by atoms with Crippen LogP contribution in [0.5, 0.6) is 5.75 Å². The number of hydrogen-bond donors (Lipinski definition) is 0. The summed E-state index contributed by atoms with van der Waals surface area (Å²) >= 11 is 0. The second-order valence-corrected chi connectivity index (χ2v) is 7.38. The molecular formula is C26H42O11. The third-order valence-electron chi connectivity index (χ3n) is 4.50. The van der Waals surface area contributed by atoms with E-state index in [1.54, 1.807) is 31.2 Å². The molecule has 0 amide bonds. The maximum absolute atomic E-state index is 11.1. The van der Waals surface area contributed by atoms with Crippen molar-refractivity contribution in [2.75, 3.05) is 106 Å². The molecule has 11 heteroatoms. The van der Waals surface area contributed by atoms with Gasteiger partial charge in [-0.15, -0.1) is 0 Å². The normalized spacial score (nSPS) is 10.9. The monoisotopic (exact) mass is 530 g/mol. The molecule has 0 bridgehead atoms. The fraction of sp³-hybridized carbons (Fsp3) is 0.692. The van der Waals surface area contributed by atoms with E-state index in [0.717, 1.165) is 6.29 Å². The van der Waals surface area contributed by atoms with Crippen molar-refractivity contribution in [1.82, 2.24) is 0 Å². The number of ether oxygens (including phenoxy) is 9. The maximum Gasteiger partial charge on any atom is 0.308 e. The summed E-state index contributed by atoms with van der Waals surface area (Å²) in [6.45, 7) is 9.10. The SMILES string of the molecule is CCOC(=O)CCOCCOCCOCCOCCOCCOCCOCCOc1ccc(C=O)cc1. The Bertz CT molecular complexity index is 654. The van der Waals surface area contributed by atoms with Crippen molar-refractivity contribution in [3.05, 3.63) is 29.8 Å². The summed E-state index contributed by atoms with van der Waals surface area (Å²) in [4.78, 5) is 21.7. The van der Waals surface area contributed by atoms with E-state index in [0.29, 0.717) is 117 Å². The van der Waals surface area contributed by atoms with E-state index in [2.05, 4.69) is 0 Å². The van der Waals surface area contributed by atoms with Gasteiger partial charge in [0, 0.05) is 5.56 Å². The van der Waals surface area contributed by atoms with Gasteiger partial charge in [0.2, 0.25) is 0 Å². The summed E-state index contributed by atoms with van der Waals surface area (Å²) in [6.07, 6.45) is 1.05. The number of carbonyl (C=O) groups excluding carboxylic acids is 2. The highest BCUT2D eigenvalue weighted by Gasteiger charge is 2.01. The van der Waals surface area contributed by atoms with Gasteiger partial charge in [-0.25, -0.2) is 0 Å². The van der Waals surface area contributed by atoms with Crippen molar-refractivity contribution < 1.29 is 52.2 Å². The molecule has 212 valence electrons. The second-order valence-electron chi connectivity index (χ2n) is 7.38. The van der Waals surface area contributed by atoms with Gasteiger partial charge in [-0.1, -0.05) is 0 Å². The Morgan fingerprint density at radius 1 is 0.595 bits per heavy atom. The summed E-state index contributed by atoms with van der Waals surface area (Å²) in [5.41, 5.74) is 0.616. The van der Waals surface area contributed by atoms with Crippen LogP contribution in [0.2, 0.25) is 0 Å². The lowest BCUT2D eigenvalue weighted by atomic mass is 10.2. The minimum atomic E-state index is -0.252.